The Kier molecular flexibility index (Phi) is 7.12. The van der Waals surface area contributed by atoms with Crippen LogP contribution in [0.2, 0.25) is 0 Å². The molecule has 11 nitrogen and oxygen atoms in total. The molecule has 3 heterocycles. The number of nitrogens with one attached hydrogen (secondary N) is 3. The maximum Gasteiger partial charge on any atom is 0.251 e. The van der Waals surface area contributed by atoms with Crippen LogP contribution in [0.4, 0.5) is 11.6 Å². The summed E-state index contributed by atoms with van der Waals surface area (Å²) in [6, 6.07) is 5.04. The summed E-state index contributed by atoms with van der Waals surface area (Å²) in [6.45, 7) is 1.90. The lowest BCUT2D eigenvalue weighted by atomic mass is 9.95. The molecule has 4 aromatic rings. The summed E-state index contributed by atoms with van der Waals surface area (Å²) < 4.78 is 17.9. The Labute approximate surface area is 231 Å². The predicted molar refractivity (Wildman–Crippen MR) is 150 cm³/mol. The van der Waals surface area contributed by atoms with Crippen molar-refractivity contribution in [2.75, 3.05) is 25.6 Å². The highest BCUT2D eigenvalue weighted by Gasteiger charge is 2.25. The van der Waals surface area contributed by atoms with Crippen molar-refractivity contribution in [1.82, 2.24) is 25.3 Å². The van der Waals surface area contributed by atoms with Gasteiger partial charge in [0.15, 0.2) is 11.7 Å². The van der Waals surface area contributed by atoms with E-state index in [9.17, 15) is 4.79 Å². The van der Waals surface area contributed by atoms with Gasteiger partial charge in [-0.25, -0.2) is 4.98 Å². The third-order valence-electron chi connectivity index (χ3n) is 7.30. The number of aliphatic hydroxyl groups is 1. The fraction of sp³-hybridized carbons (Fsp3) is 0.379. The van der Waals surface area contributed by atoms with E-state index < -0.39 is 0 Å². The van der Waals surface area contributed by atoms with Gasteiger partial charge in [0.05, 0.1) is 30.5 Å². The number of hydrogen-bond donors (Lipinski definition) is 4. The van der Waals surface area contributed by atoms with E-state index >= 15 is 0 Å². The van der Waals surface area contributed by atoms with Crippen LogP contribution in [-0.2, 0) is 6.42 Å². The molecule has 0 atom stereocenters. The third-order valence-corrected chi connectivity index (χ3v) is 7.30. The second-order valence-electron chi connectivity index (χ2n) is 10.0. The zero-order chi connectivity index (χ0) is 27.6. The van der Waals surface area contributed by atoms with Crippen LogP contribution in [0.15, 0.2) is 28.8 Å². The lowest BCUT2D eigenvalue weighted by Crippen LogP contribution is -2.26. The van der Waals surface area contributed by atoms with Crippen molar-refractivity contribution < 1.29 is 23.8 Å². The van der Waals surface area contributed by atoms with Crippen LogP contribution in [0.25, 0.3) is 22.7 Å². The van der Waals surface area contributed by atoms with Crippen LogP contribution < -0.4 is 20.1 Å². The van der Waals surface area contributed by atoms with Gasteiger partial charge in [-0.2, -0.15) is 9.97 Å². The van der Waals surface area contributed by atoms with Crippen LogP contribution >= 0.6 is 0 Å². The van der Waals surface area contributed by atoms with Crippen LogP contribution in [-0.4, -0.2) is 57.3 Å². The van der Waals surface area contributed by atoms with Gasteiger partial charge >= 0.3 is 0 Å². The Hall–Kier alpha value is -4.38. The molecule has 1 saturated carbocycles. The topological polar surface area (TPSA) is 147 Å². The van der Waals surface area contributed by atoms with Gasteiger partial charge < -0.3 is 34.6 Å². The van der Waals surface area contributed by atoms with E-state index in [0.29, 0.717) is 40.4 Å². The summed E-state index contributed by atoms with van der Waals surface area (Å²) in [4.78, 5) is 29.7. The molecule has 6 rings (SSSR count). The number of nitrogens with zero attached hydrogens (tertiary/aromatic N) is 3. The number of carbonyl (C=O) groups is 1. The van der Waals surface area contributed by atoms with Gasteiger partial charge in [0, 0.05) is 30.8 Å². The number of fused-ring (bicyclic) bond motifs is 2. The number of benzene rings is 1. The quantitative estimate of drug-likeness (QED) is 0.238. The molecule has 11 heteroatoms. The number of aromatic nitrogens is 4. The molecule has 3 aromatic heterocycles. The normalized spacial score (nSPS) is 15.1. The highest BCUT2D eigenvalue weighted by atomic mass is 16.5. The number of H-pyrrole nitrogens is 1. The van der Waals surface area contributed by atoms with Gasteiger partial charge in [0.25, 0.3) is 5.91 Å². The van der Waals surface area contributed by atoms with Crippen molar-refractivity contribution in [3.63, 3.8) is 0 Å². The maximum atomic E-state index is 12.3. The standard InChI is InChI=1S/C29H32N6O5/c1-16-32-22-9-7-17(13-24(22)39-16)20-15-31-26-25(20)28(40-19-5-3-4-6-19)35-29(34-26)33-21-10-8-18(14-23(21)38-2)27(37)30-11-12-36/h8,10,13-15,19,36H,3-7,9,11-12H2,1-2H3,(H,30,37)(H2,31,33,34,35). The van der Waals surface area contributed by atoms with Crippen LogP contribution in [0.5, 0.6) is 11.6 Å². The second-order valence-corrected chi connectivity index (χ2v) is 10.0. The lowest BCUT2D eigenvalue weighted by Gasteiger charge is -2.17. The average Bonchev–Trinajstić information content (AvgIpc) is 3.71. The average molecular weight is 545 g/mol. The molecular formula is C29H32N6O5. The highest BCUT2D eigenvalue weighted by molar-refractivity contribution is 5.99. The largest absolute Gasteiger partial charge is 0.495 e. The molecule has 0 aliphatic heterocycles. The van der Waals surface area contributed by atoms with Gasteiger partial charge in [-0.15, -0.1) is 0 Å². The Morgan fingerprint density at radius 1 is 1.20 bits per heavy atom. The summed E-state index contributed by atoms with van der Waals surface area (Å²) in [5.74, 6) is 2.49. The lowest BCUT2D eigenvalue weighted by molar-refractivity contribution is 0.0944. The zero-order valence-electron chi connectivity index (χ0n) is 22.5. The number of methoxy groups -OCH3 is 1. The number of carbonyl (C=O) groups excluding carboxylic acids is 1. The van der Waals surface area contributed by atoms with Gasteiger partial charge in [0.2, 0.25) is 11.8 Å². The second kappa shape index (κ2) is 11.0. The molecule has 1 fully saturated rings. The fourth-order valence-electron chi connectivity index (χ4n) is 5.36. The minimum atomic E-state index is -0.299. The van der Waals surface area contributed by atoms with Crippen molar-refractivity contribution in [3.05, 3.63) is 52.9 Å². The number of anilines is 2. The molecule has 208 valence electrons. The number of hydrogen-bond acceptors (Lipinski definition) is 9. The maximum absolute atomic E-state index is 12.3. The number of amides is 1. The first-order chi connectivity index (χ1) is 19.5. The first kappa shape index (κ1) is 25.9. The van der Waals surface area contributed by atoms with E-state index in [1.807, 2.05) is 13.1 Å². The van der Waals surface area contributed by atoms with E-state index in [2.05, 4.69) is 26.7 Å². The number of rotatable bonds is 9. The van der Waals surface area contributed by atoms with Crippen molar-refractivity contribution in [3.8, 4) is 11.6 Å². The van der Waals surface area contributed by atoms with Gasteiger partial charge in [-0.05, 0) is 68.4 Å². The first-order valence-corrected chi connectivity index (χ1v) is 13.6. The smallest absolute Gasteiger partial charge is 0.251 e. The summed E-state index contributed by atoms with van der Waals surface area (Å²) in [5, 5.41) is 15.7. The van der Waals surface area contributed by atoms with Crippen LogP contribution in [0.3, 0.4) is 0 Å². The van der Waals surface area contributed by atoms with Crippen molar-refractivity contribution in [2.45, 2.75) is 51.6 Å². The minimum absolute atomic E-state index is 0.101. The number of oxazole rings is 1. The van der Waals surface area contributed by atoms with Crippen molar-refractivity contribution in [1.29, 1.82) is 0 Å². The predicted octanol–water partition coefficient (Wildman–Crippen LogP) is 4.54. The monoisotopic (exact) mass is 544 g/mol. The van der Waals surface area contributed by atoms with Crippen molar-refractivity contribution >= 4 is 40.2 Å². The molecule has 2 aliphatic carbocycles. The zero-order valence-corrected chi connectivity index (χ0v) is 22.5. The molecule has 4 N–H and O–H groups in total. The SMILES string of the molecule is COc1cc(C(=O)NCCO)ccc1Nc1nc(OC2CCCC2)c2c(C3=Cc4oc(C)nc4CC3)c[nH]c2n1. The number of allylic oxidation sites excluding steroid dienone is 1. The molecular weight excluding hydrogens is 512 g/mol. The summed E-state index contributed by atoms with van der Waals surface area (Å²) >= 11 is 0. The van der Waals surface area contributed by atoms with E-state index in [4.69, 9.17) is 29.0 Å². The highest BCUT2D eigenvalue weighted by Crippen LogP contribution is 2.39. The molecule has 1 amide bonds. The number of ether oxygens (including phenoxy) is 2. The fourth-order valence-corrected chi connectivity index (χ4v) is 5.36. The number of aliphatic hydroxyl groups excluding tert-OH is 1. The van der Waals surface area contributed by atoms with Gasteiger partial charge in [-0.1, -0.05) is 0 Å². The summed E-state index contributed by atoms with van der Waals surface area (Å²) in [6.07, 6.45) is 9.99. The van der Waals surface area contributed by atoms with Gasteiger partial charge in [-0.3, -0.25) is 4.79 Å². The summed E-state index contributed by atoms with van der Waals surface area (Å²) in [7, 11) is 1.53. The molecule has 0 spiro atoms. The van der Waals surface area contributed by atoms with Crippen molar-refractivity contribution in [2.24, 2.45) is 0 Å². The Morgan fingerprint density at radius 3 is 2.85 bits per heavy atom. The third kappa shape index (κ3) is 5.12. The van der Waals surface area contributed by atoms with Gasteiger partial charge in [0.1, 0.15) is 17.5 Å². The number of aromatic amines is 1. The first-order valence-electron chi connectivity index (χ1n) is 13.6. The van der Waals surface area contributed by atoms with Crippen LogP contribution in [0, 0.1) is 6.92 Å². The molecule has 1 aromatic carbocycles. The molecule has 2 aliphatic rings. The van der Waals surface area contributed by atoms with E-state index in [1.165, 1.54) is 7.11 Å². The Balaban J connectivity index is 1.36. The minimum Gasteiger partial charge on any atom is -0.495 e. The van der Waals surface area contributed by atoms with E-state index in [1.54, 1.807) is 18.2 Å². The van der Waals surface area contributed by atoms with E-state index in [0.717, 1.165) is 66.5 Å². The molecule has 0 unspecified atom stereocenters. The molecule has 40 heavy (non-hydrogen) atoms. The van der Waals surface area contributed by atoms with E-state index in [-0.39, 0.29) is 25.2 Å². The molecule has 0 saturated heterocycles. The number of aryl methyl sites for hydroxylation is 2. The Morgan fingerprint density at radius 2 is 2.05 bits per heavy atom. The summed E-state index contributed by atoms with van der Waals surface area (Å²) in [5.41, 5.74) is 4.76. The molecule has 0 radical (unpaired) electrons. The Bertz CT molecular complexity index is 1580. The molecule has 0 bridgehead atoms. The van der Waals surface area contributed by atoms with Crippen LogP contribution in [0.1, 0.15) is 65.4 Å².